The van der Waals surface area contributed by atoms with Crippen molar-refractivity contribution >= 4 is 5.97 Å². The van der Waals surface area contributed by atoms with Crippen LogP contribution < -0.4 is 5.73 Å². The molecule has 0 saturated heterocycles. The first-order valence-corrected chi connectivity index (χ1v) is 4.90. The molecule has 0 bridgehead atoms. The quantitative estimate of drug-likeness (QED) is 0.727. The third-order valence-corrected chi connectivity index (χ3v) is 2.77. The zero-order valence-electron chi connectivity index (χ0n) is 8.59. The Labute approximate surface area is 90.6 Å². The average molecular weight is 241 g/mol. The van der Waals surface area contributed by atoms with Gasteiger partial charge >= 0.3 is 12.1 Å². The largest absolute Gasteiger partial charge is 0.481 e. The number of nitrogens with two attached hydrogens (primary N) is 1. The van der Waals surface area contributed by atoms with Crippen LogP contribution in [0.4, 0.5) is 13.2 Å². The number of carbonyl (C=O) groups is 1. The second-order valence-corrected chi connectivity index (χ2v) is 4.05. The van der Waals surface area contributed by atoms with Crippen molar-refractivity contribution in [2.24, 2.45) is 17.1 Å². The zero-order chi connectivity index (χ0) is 12.4. The van der Waals surface area contributed by atoms with Crippen LogP contribution in [-0.4, -0.2) is 37.0 Å². The minimum atomic E-state index is -4.44. The van der Waals surface area contributed by atoms with Crippen LogP contribution in [0, 0.1) is 11.3 Å². The normalized spacial score (nSPS) is 20.5. The lowest BCUT2D eigenvalue weighted by Crippen LogP contribution is -2.45. The molecule has 1 fully saturated rings. The Morgan fingerprint density at radius 3 is 2.25 bits per heavy atom. The molecule has 7 heteroatoms. The smallest absolute Gasteiger partial charge is 0.411 e. The van der Waals surface area contributed by atoms with Crippen LogP contribution in [0.3, 0.4) is 0 Å². The van der Waals surface area contributed by atoms with Crippen LogP contribution in [0.5, 0.6) is 0 Å². The molecular formula is C9H14F3NO3. The number of carboxylic acid groups (broad SMARTS) is 1. The predicted molar refractivity (Wildman–Crippen MR) is 48.7 cm³/mol. The summed E-state index contributed by atoms with van der Waals surface area (Å²) in [7, 11) is 0. The lowest BCUT2D eigenvalue weighted by Gasteiger charge is -2.27. The molecular weight excluding hydrogens is 227 g/mol. The molecule has 16 heavy (non-hydrogen) atoms. The van der Waals surface area contributed by atoms with Gasteiger partial charge in [-0.15, -0.1) is 0 Å². The van der Waals surface area contributed by atoms with Crippen molar-refractivity contribution in [3.05, 3.63) is 0 Å². The van der Waals surface area contributed by atoms with Crippen LogP contribution >= 0.6 is 0 Å². The van der Waals surface area contributed by atoms with Gasteiger partial charge in [0.25, 0.3) is 0 Å². The summed E-state index contributed by atoms with van der Waals surface area (Å²) in [4.78, 5) is 11.0. The molecule has 0 amide bonds. The summed E-state index contributed by atoms with van der Waals surface area (Å²) in [6.45, 7) is -2.12. The number of alkyl halides is 3. The van der Waals surface area contributed by atoms with Crippen molar-refractivity contribution in [1.82, 2.24) is 0 Å². The van der Waals surface area contributed by atoms with Crippen LogP contribution in [0.2, 0.25) is 0 Å². The molecule has 0 aromatic carbocycles. The van der Waals surface area contributed by atoms with Gasteiger partial charge in [-0.25, -0.2) is 0 Å². The Hall–Kier alpha value is -0.820. The van der Waals surface area contributed by atoms with E-state index in [9.17, 15) is 18.0 Å². The molecule has 0 radical (unpaired) electrons. The summed E-state index contributed by atoms with van der Waals surface area (Å²) in [5, 5.41) is 9.02. The number of hydrogen-bond donors (Lipinski definition) is 2. The molecule has 4 nitrogen and oxygen atoms in total. The van der Waals surface area contributed by atoms with Crippen LogP contribution in [0.1, 0.15) is 12.8 Å². The van der Waals surface area contributed by atoms with Gasteiger partial charge in [-0.3, -0.25) is 4.79 Å². The maximum absolute atomic E-state index is 11.8. The predicted octanol–water partition coefficient (Wildman–Crippen LogP) is 1.00. The van der Waals surface area contributed by atoms with E-state index < -0.39 is 30.8 Å². The maximum Gasteiger partial charge on any atom is 0.411 e. The van der Waals surface area contributed by atoms with Gasteiger partial charge in [-0.1, -0.05) is 0 Å². The summed E-state index contributed by atoms with van der Waals surface area (Å²) in [6, 6.07) is 0. The van der Waals surface area contributed by atoms with E-state index in [-0.39, 0.29) is 12.5 Å². The Morgan fingerprint density at radius 1 is 1.38 bits per heavy atom. The highest BCUT2D eigenvalue weighted by Crippen LogP contribution is 2.45. The molecule has 0 heterocycles. The van der Waals surface area contributed by atoms with E-state index in [1.807, 2.05) is 0 Å². The van der Waals surface area contributed by atoms with Gasteiger partial charge in [0.15, 0.2) is 0 Å². The summed E-state index contributed by atoms with van der Waals surface area (Å²) in [5.41, 5.74) is 4.00. The first-order valence-electron chi connectivity index (χ1n) is 4.90. The Balaban J connectivity index is 2.54. The Bertz CT molecular complexity index is 265. The van der Waals surface area contributed by atoms with Gasteiger partial charge in [0.05, 0.1) is 6.61 Å². The molecule has 0 spiro atoms. The highest BCUT2D eigenvalue weighted by atomic mass is 19.4. The molecule has 1 rings (SSSR count). The minimum Gasteiger partial charge on any atom is -0.481 e. The summed E-state index contributed by atoms with van der Waals surface area (Å²) in [5.74, 6) is -1.34. The topological polar surface area (TPSA) is 72.5 Å². The summed E-state index contributed by atoms with van der Waals surface area (Å²) < 4.78 is 40.0. The Kier molecular flexibility index (Phi) is 3.80. The molecule has 1 atom stereocenters. The fraction of sp³-hybridized carbons (Fsp3) is 0.889. The van der Waals surface area contributed by atoms with E-state index in [1.54, 1.807) is 0 Å². The number of hydrogen-bond acceptors (Lipinski definition) is 3. The van der Waals surface area contributed by atoms with Crippen molar-refractivity contribution in [3.63, 3.8) is 0 Å². The first kappa shape index (κ1) is 13.2. The highest BCUT2D eigenvalue weighted by molar-refractivity contribution is 5.76. The lowest BCUT2D eigenvalue weighted by molar-refractivity contribution is -0.187. The second-order valence-electron chi connectivity index (χ2n) is 4.05. The van der Waals surface area contributed by atoms with Crippen molar-refractivity contribution in [3.8, 4) is 0 Å². The number of halogens is 3. The number of aliphatic carboxylic acids is 1. The average Bonchev–Trinajstić information content (AvgIpc) is 2.93. The van der Waals surface area contributed by atoms with E-state index in [0.29, 0.717) is 12.8 Å². The number of carboxylic acids is 1. The van der Waals surface area contributed by atoms with Gasteiger partial charge in [-0.2, -0.15) is 13.2 Å². The van der Waals surface area contributed by atoms with Crippen LogP contribution in [-0.2, 0) is 9.53 Å². The SMILES string of the molecule is NCC(COCC(F)(F)F)(C(=O)O)C1CC1. The molecule has 94 valence electrons. The van der Waals surface area contributed by atoms with E-state index in [2.05, 4.69) is 4.74 Å². The van der Waals surface area contributed by atoms with Crippen molar-refractivity contribution in [2.45, 2.75) is 19.0 Å². The molecule has 1 aliphatic rings. The third kappa shape index (κ3) is 3.08. The van der Waals surface area contributed by atoms with Crippen molar-refractivity contribution in [2.75, 3.05) is 19.8 Å². The second kappa shape index (κ2) is 4.58. The fourth-order valence-corrected chi connectivity index (χ4v) is 1.65. The van der Waals surface area contributed by atoms with E-state index in [4.69, 9.17) is 10.8 Å². The monoisotopic (exact) mass is 241 g/mol. The molecule has 1 aliphatic carbocycles. The van der Waals surface area contributed by atoms with Crippen LogP contribution in [0.25, 0.3) is 0 Å². The fourth-order valence-electron chi connectivity index (χ4n) is 1.65. The molecule has 0 aromatic heterocycles. The van der Waals surface area contributed by atoms with Gasteiger partial charge < -0.3 is 15.6 Å². The molecule has 0 aliphatic heterocycles. The minimum absolute atomic E-state index is 0.164. The van der Waals surface area contributed by atoms with Gasteiger partial charge in [-0.05, 0) is 18.8 Å². The van der Waals surface area contributed by atoms with E-state index in [1.165, 1.54) is 0 Å². The highest BCUT2D eigenvalue weighted by Gasteiger charge is 2.51. The number of rotatable bonds is 6. The Morgan fingerprint density at radius 2 is 1.94 bits per heavy atom. The molecule has 0 aromatic rings. The standard InChI is InChI=1S/C9H14F3NO3/c10-9(11,12)5-16-4-8(3-13,7(14)15)6-1-2-6/h6H,1-5,13H2,(H,14,15). The van der Waals surface area contributed by atoms with Crippen LogP contribution in [0.15, 0.2) is 0 Å². The van der Waals surface area contributed by atoms with Gasteiger partial charge in [0, 0.05) is 6.54 Å². The molecule has 3 N–H and O–H groups in total. The summed E-state index contributed by atoms with van der Waals surface area (Å²) >= 11 is 0. The number of ether oxygens (including phenoxy) is 1. The molecule has 1 saturated carbocycles. The van der Waals surface area contributed by atoms with Crippen molar-refractivity contribution in [1.29, 1.82) is 0 Å². The maximum atomic E-state index is 11.8. The van der Waals surface area contributed by atoms with Gasteiger partial charge in [0.2, 0.25) is 0 Å². The van der Waals surface area contributed by atoms with E-state index >= 15 is 0 Å². The zero-order valence-corrected chi connectivity index (χ0v) is 8.59. The third-order valence-electron chi connectivity index (χ3n) is 2.77. The molecule has 1 unspecified atom stereocenters. The first-order chi connectivity index (χ1) is 7.32. The summed E-state index contributed by atoms with van der Waals surface area (Å²) in [6.07, 6.45) is -3.08. The van der Waals surface area contributed by atoms with Gasteiger partial charge in [0.1, 0.15) is 12.0 Å². The lowest BCUT2D eigenvalue weighted by atomic mass is 9.83. The van der Waals surface area contributed by atoms with Crippen molar-refractivity contribution < 1.29 is 27.8 Å². The van der Waals surface area contributed by atoms with E-state index in [0.717, 1.165) is 0 Å².